The summed E-state index contributed by atoms with van der Waals surface area (Å²) in [7, 11) is 5.02. The summed E-state index contributed by atoms with van der Waals surface area (Å²) >= 11 is 0. The molecule has 6 nitrogen and oxygen atoms in total. The molecule has 2 rings (SSSR count). The molecule has 7 heteroatoms. The lowest BCUT2D eigenvalue weighted by molar-refractivity contribution is 0.109. The summed E-state index contributed by atoms with van der Waals surface area (Å²) in [6.07, 6.45) is 1.03. The highest BCUT2D eigenvalue weighted by atomic mass is 127. The van der Waals surface area contributed by atoms with Crippen LogP contribution in [0, 0.1) is 0 Å². The van der Waals surface area contributed by atoms with Crippen molar-refractivity contribution < 1.29 is 14.2 Å². The fourth-order valence-corrected chi connectivity index (χ4v) is 2.14. The molecular formula is C15H24IN3O3. The molecule has 2 N–H and O–H groups in total. The van der Waals surface area contributed by atoms with Gasteiger partial charge in [0.25, 0.3) is 0 Å². The van der Waals surface area contributed by atoms with Crippen LogP contribution in [0.4, 0.5) is 0 Å². The van der Waals surface area contributed by atoms with E-state index >= 15 is 0 Å². The van der Waals surface area contributed by atoms with Gasteiger partial charge in [0.15, 0.2) is 5.96 Å². The van der Waals surface area contributed by atoms with E-state index < -0.39 is 0 Å². The molecule has 1 atom stereocenters. The lowest BCUT2D eigenvalue weighted by Gasteiger charge is -2.22. The topological polar surface area (TPSA) is 64.1 Å². The van der Waals surface area contributed by atoms with E-state index in [2.05, 4.69) is 15.6 Å². The first-order chi connectivity index (χ1) is 10.2. The minimum Gasteiger partial charge on any atom is -0.497 e. The zero-order valence-corrected chi connectivity index (χ0v) is 15.5. The average Bonchev–Trinajstić information content (AvgIpc) is 2.55. The Hall–Kier alpha value is -1.22. The molecular weight excluding hydrogens is 397 g/mol. The Morgan fingerprint density at radius 3 is 2.36 bits per heavy atom. The van der Waals surface area contributed by atoms with Gasteiger partial charge >= 0.3 is 0 Å². The van der Waals surface area contributed by atoms with Crippen molar-refractivity contribution in [2.24, 2.45) is 4.99 Å². The van der Waals surface area contributed by atoms with E-state index in [1.165, 1.54) is 0 Å². The number of ether oxygens (including phenoxy) is 3. The van der Waals surface area contributed by atoms with E-state index in [-0.39, 0.29) is 30.1 Å². The molecule has 0 aromatic heterocycles. The van der Waals surface area contributed by atoms with Crippen LogP contribution in [0.25, 0.3) is 0 Å². The fraction of sp³-hybridized carbons (Fsp3) is 0.533. The lowest BCUT2D eigenvalue weighted by atomic mass is 10.1. The number of nitrogens with one attached hydrogen (secondary N) is 2. The van der Waals surface area contributed by atoms with Crippen LogP contribution in [-0.4, -0.2) is 53.0 Å². The third-order valence-corrected chi connectivity index (χ3v) is 3.40. The second-order valence-electron chi connectivity index (χ2n) is 4.83. The molecule has 0 saturated heterocycles. The molecule has 0 spiro atoms. The Morgan fingerprint density at radius 1 is 1.18 bits per heavy atom. The van der Waals surface area contributed by atoms with Gasteiger partial charge in [-0.25, -0.2) is 0 Å². The van der Waals surface area contributed by atoms with Crippen molar-refractivity contribution in [2.75, 3.05) is 41.0 Å². The molecule has 0 radical (unpaired) electrons. The molecule has 22 heavy (non-hydrogen) atoms. The number of aliphatic imine (C=N–C) groups is 1. The van der Waals surface area contributed by atoms with Gasteiger partial charge in [0.2, 0.25) is 0 Å². The highest BCUT2D eigenvalue weighted by molar-refractivity contribution is 14.0. The quantitative estimate of drug-likeness (QED) is 0.681. The Balaban J connectivity index is 0.00000242. The molecule has 1 heterocycles. The van der Waals surface area contributed by atoms with Crippen LogP contribution in [-0.2, 0) is 11.2 Å². The molecule has 0 saturated carbocycles. The summed E-state index contributed by atoms with van der Waals surface area (Å²) in [5.74, 6) is 2.44. The van der Waals surface area contributed by atoms with Crippen molar-refractivity contribution >= 4 is 29.9 Å². The van der Waals surface area contributed by atoms with Gasteiger partial charge in [0.1, 0.15) is 11.5 Å². The zero-order valence-electron chi connectivity index (χ0n) is 13.2. The smallest absolute Gasteiger partial charge is 0.191 e. The van der Waals surface area contributed by atoms with Gasteiger partial charge in [0, 0.05) is 26.3 Å². The summed E-state index contributed by atoms with van der Waals surface area (Å²) < 4.78 is 15.8. The van der Waals surface area contributed by atoms with Gasteiger partial charge in [-0.2, -0.15) is 0 Å². The second kappa shape index (κ2) is 9.73. The number of rotatable bonds is 6. The molecule has 1 aromatic carbocycles. The van der Waals surface area contributed by atoms with Gasteiger partial charge in [-0.05, 0) is 24.1 Å². The lowest BCUT2D eigenvalue weighted by Crippen LogP contribution is -2.47. The Bertz CT molecular complexity index is 475. The highest BCUT2D eigenvalue weighted by Crippen LogP contribution is 2.22. The minimum absolute atomic E-state index is 0. The van der Waals surface area contributed by atoms with Gasteiger partial charge in [-0.3, -0.25) is 4.99 Å². The summed E-state index contributed by atoms with van der Waals surface area (Å²) in [4.78, 5) is 4.40. The number of hydrogen-bond acceptors (Lipinski definition) is 6. The molecule has 1 unspecified atom stereocenters. The van der Waals surface area contributed by atoms with Crippen LogP contribution in [0.3, 0.4) is 0 Å². The first-order valence-corrected chi connectivity index (χ1v) is 7.02. The number of guanidine groups is 1. The van der Waals surface area contributed by atoms with Gasteiger partial charge in [0.05, 0.1) is 26.9 Å². The van der Waals surface area contributed by atoms with Crippen LogP contribution in [0.1, 0.15) is 5.56 Å². The third-order valence-electron chi connectivity index (χ3n) is 3.40. The van der Waals surface area contributed by atoms with E-state index in [0.29, 0.717) is 6.54 Å². The van der Waals surface area contributed by atoms with Gasteiger partial charge < -0.3 is 24.8 Å². The van der Waals surface area contributed by atoms with Crippen molar-refractivity contribution in [1.29, 1.82) is 0 Å². The third kappa shape index (κ3) is 5.53. The minimum atomic E-state index is 0. The maximum Gasteiger partial charge on any atom is 0.191 e. The SMILES string of the molecule is COc1cc(CCNC2=NCC(OC)CN2)cc(OC)c1.I. The molecule has 1 aromatic rings. The molecule has 1 aliphatic rings. The monoisotopic (exact) mass is 421 g/mol. The van der Waals surface area contributed by atoms with Crippen molar-refractivity contribution in [3.63, 3.8) is 0 Å². The van der Waals surface area contributed by atoms with Gasteiger partial charge in [-0.15, -0.1) is 24.0 Å². The Kier molecular flexibility index (Phi) is 8.32. The molecule has 0 amide bonds. The molecule has 0 aliphatic carbocycles. The molecule has 0 bridgehead atoms. The van der Waals surface area contributed by atoms with Crippen molar-refractivity contribution in [3.8, 4) is 11.5 Å². The van der Waals surface area contributed by atoms with E-state index in [0.717, 1.165) is 42.5 Å². The van der Waals surface area contributed by atoms with Crippen molar-refractivity contribution in [2.45, 2.75) is 12.5 Å². The zero-order chi connectivity index (χ0) is 15.1. The van der Waals surface area contributed by atoms with Crippen molar-refractivity contribution in [1.82, 2.24) is 10.6 Å². The maximum atomic E-state index is 5.27. The van der Waals surface area contributed by atoms with E-state index in [1.54, 1.807) is 21.3 Å². The number of halogens is 1. The van der Waals surface area contributed by atoms with Crippen molar-refractivity contribution in [3.05, 3.63) is 23.8 Å². The highest BCUT2D eigenvalue weighted by Gasteiger charge is 2.13. The van der Waals surface area contributed by atoms with E-state index in [1.807, 2.05) is 18.2 Å². The summed E-state index contributed by atoms with van der Waals surface area (Å²) in [5, 5.41) is 6.51. The van der Waals surface area contributed by atoms with Crippen LogP contribution in [0.5, 0.6) is 11.5 Å². The number of methoxy groups -OCH3 is 3. The summed E-state index contributed by atoms with van der Waals surface area (Å²) in [6.45, 7) is 2.27. The molecule has 124 valence electrons. The number of benzene rings is 1. The Morgan fingerprint density at radius 2 is 1.86 bits per heavy atom. The van der Waals surface area contributed by atoms with Crippen LogP contribution in [0.2, 0.25) is 0 Å². The Labute approximate surface area is 148 Å². The summed E-state index contributed by atoms with van der Waals surface area (Å²) in [6, 6.07) is 5.90. The number of nitrogens with zero attached hydrogens (tertiary/aromatic N) is 1. The summed E-state index contributed by atoms with van der Waals surface area (Å²) in [5.41, 5.74) is 1.16. The largest absolute Gasteiger partial charge is 0.497 e. The normalized spacial score (nSPS) is 16.9. The van der Waals surface area contributed by atoms with E-state index in [4.69, 9.17) is 14.2 Å². The van der Waals surface area contributed by atoms with Crippen LogP contribution >= 0.6 is 24.0 Å². The predicted octanol–water partition coefficient (Wildman–Crippen LogP) is 1.43. The molecule has 0 fully saturated rings. The average molecular weight is 421 g/mol. The molecule has 1 aliphatic heterocycles. The fourth-order valence-electron chi connectivity index (χ4n) is 2.14. The first-order valence-electron chi connectivity index (χ1n) is 7.02. The predicted molar refractivity (Wildman–Crippen MR) is 97.8 cm³/mol. The maximum absolute atomic E-state index is 5.27. The first kappa shape index (κ1) is 18.8. The number of hydrogen-bond donors (Lipinski definition) is 2. The van der Waals surface area contributed by atoms with Crippen LogP contribution in [0.15, 0.2) is 23.2 Å². The second-order valence-corrected chi connectivity index (χ2v) is 4.83. The van der Waals surface area contributed by atoms with Gasteiger partial charge in [-0.1, -0.05) is 0 Å². The standard InChI is InChI=1S/C15H23N3O3.HI/c1-19-12-6-11(7-13(8-12)20-2)4-5-16-15-17-9-14(21-3)10-18-15;/h6-8,14H,4-5,9-10H2,1-3H3,(H2,16,17,18);1H. The van der Waals surface area contributed by atoms with E-state index in [9.17, 15) is 0 Å². The van der Waals surface area contributed by atoms with Crippen LogP contribution < -0.4 is 20.1 Å².